The molecule has 7 heteroatoms. The van der Waals surface area contributed by atoms with E-state index in [2.05, 4.69) is 0 Å². The Bertz CT molecular complexity index is 504. The van der Waals surface area contributed by atoms with Gasteiger partial charge in [0.1, 0.15) is 0 Å². The zero-order chi connectivity index (χ0) is 14.2. The predicted molar refractivity (Wildman–Crippen MR) is 64.0 cm³/mol. The maximum Gasteiger partial charge on any atom is 0.418 e. The summed E-state index contributed by atoms with van der Waals surface area (Å²) in [5, 5.41) is 8.89. The van der Waals surface area contributed by atoms with Crippen LogP contribution in [0.2, 0.25) is 5.02 Å². The first kappa shape index (κ1) is 14.1. The molecule has 0 aliphatic carbocycles. The molecule has 1 N–H and O–H groups in total. The number of para-hydroxylation sites is 1. The van der Waals surface area contributed by atoms with Crippen LogP contribution in [0, 0.1) is 5.92 Å². The van der Waals surface area contributed by atoms with E-state index in [-0.39, 0.29) is 36.2 Å². The quantitative estimate of drug-likeness (QED) is 0.911. The maximum absolute atomic E-state index is 12.9. The number of hydrogen-bond acceptors (Lipinski definition) is 2. The normalized spacial score (nSPS) is 20.2. The van der Waals surface area contributed by atoms with Gasteiger partial charge >= 0.3 is 6.18 Å². The number of aliphatic hydroxyl groups excluding tert-OH is 1. The SMILES string of the molecule is O=C1CC(CO)CN1c1c(Cl)cccc1C(F)(F)F. The van der Waals surface area contributed by atoms with Gasteiger partial charge in [-0.25, -0.2) is 0 Å². The minimum atomic E-state index is -4.59. The fraction of sp³-hybridized carbons (Fsp3) is 0.417. The Balaban J connectivity index is 2.48. The van der Waals surface area contributed by atoms with Crippen molar-refractivity contribution >= 4 is 23.2 Å². The molecule has 1 atom stereocenters. The Hall–Kier alpha value is -1.27. The van der Waals surface area contributed by atoms with E-state index in [9.17, 15) is 18.0 Å². The van der Waals surface area contributed by atoms with Gasteiger partial charge in [0.2, 0.25) is 5.91 Å². The number of carbonyl (C=O) groups excluding carboxylic acids is 1. The molecule has 1 heterocycles. The second kappa shape index (κ2) is 5.02. The van der Waals surface area contributed by atoms with Crippen LogP contribution in [0.3, 0.4) is 0 Å². The lowest BCUT2D eigenvalue weighted by Gasteiger charge is -2.22. The number of halogens is 4. The number of benzene rings is 1. The second-order valence-corrected chi connectivity index (χ2v) is 4.80. The summed E-state index contributed by atoms with van der Waals surface area (Å²) < 4.78 is 38.8. The van der Waals surface area contributed by atoms with Crippen molar-refractivity contribution in [1.29, 1.82) is 0 Å². The highest BCUT2D eigenvalue weighted by Crippen LogP contribution is 2.42. The van der Waals surface area contributed by atoms with Gasteiger partial charge in [0.05, 0.1) is 16.3 Å². The van der Waals surface area contributed by atoms with Gasteiger partial charge in [-0.3, -0.25) is 4.79 Å². The molecule has 1 fully saturated rings. The van der Waals surface area contributed by atoms with Crippen LogP contribution in [0.5, 0.6) is 0 Å². The fourth-order valence-electron chi connectivity index (χ4n) is 2.14. The number of nitrogens with zero attached hydrogens (tertiary/aromatic N) is 1. The van der Waals surface area contributed by atoms with Crippen molar-refractivity contribution in [3.05, 3.63) is 28.8 Å². The van der Waals surface area contributed by atoms with Crippen LogP contribution < -0.4 is 4.90 Å². The number of amides is 1. The number of carbonyl (C=O) groups is 1. The summed E-state index contributed by atoms with van der Waals surface area (Å²) in [6.45, 7) is -0.198. The lowest BCUT2D eigenvalue weighted by molar-refractivity contribution is -0.137. The Morgan fingerprint density at radius 2 is 2.11 bits per heavy atom. The van der Waals surface area contributed by atoms with E-state index in [1.54, 1.807) is 0 Å². The standard InChI is InChI=1S/C12H11ClF3NO2/c13-9-3-1-2-8(12(14,15)16)11(9)17-5-7(6-18)4-10(17)19/h1-3,7,18H,4-6H2. The molecular weight excluding hydrogens is 283 g/mol. The van der Waals surface area contributed by atoms with Crippen LogP contribution in [-0.4, -0.2) is 24.2 Å². The number of rotatable bonds is 2. The van der Waals surface area contributed by atoms with Gasteiger partial charge in [0.25, 0.3) is 0 Å². The second-order valence-electron chi connectivity index (χ2n) is 4.39. The predicted octanol–water partition coefficient (Wildman–Crippen LogP) is 2.70. The Kier molecular flexibility index (Phi) is 3.73. The minimum absolute atomic E-state index is 0.0268. The molecule has 0 aromatic heterocycles. The first-order valence-electron chi connectivity index (χ1n) is 5.61. The van der Waals surface area contributed by atoms with Crippen molar-refractivity contribution < 1.29 is 23.1 Å². The molecule has 104 valence electrons. The summed E-state index contributed by atoms with van der Waals surface area (Å²) in [6, 6.07) is 3.39. The molecule has 1 aliphatic heterocycles. The monoisotopic (exact) mass is 293 g/mol. The number of aliphatic hydroxyl groups is 1. The average molecular weight is 294 g/mol. The van der Waals surface area contributed by atoms with Crippen molar-refractivity contribution in [2.45, 2.75) is 12.6 Å². The van der Waals surface area contributed by atoms with Gasteiger partial charge in [-0.2, -0.15) is 13.2 Å². The third kappa shape index (κ3) is 2.69. The van der Waals surface area contributed by atoms with Crippen LogP contribution in [0.15, 0.2) is 18.2 Å². The van der Waals surface area contributed by atoms with Crippen LogP contribution >= 0.6 is 11.6 Å². The van der Waals surface area contributed by atoms with Gasteiger partial charge in [0, 0.05) is 25.5 Å². The fourth-order valence-corrected chi connectivity index (χ4v) is 2.41. The highest BCUT2D eigenvalue weighted by Gasteiger charge is 2.40. The topological polar surface area (TPSA) is 40.5 Å². The van der Waals surface area contributed by atoms with Gasteiger partial charge in [-0.15, -0.1) is 0 Å². The minimum Gasteiger partial charge on any atom is -0.396 e. The van der Waals surface area contributed by atoms with Crippen molar-refractivity contribution in [3.8, 4) is 0 Å². The Morgan fingerprint density at radius 1 is 1.42 bits per heavy atom. The maximum atomic E-state index is 12.9. The van der Waals surface area contributed by atoms with Crippen LogP contribution in [-0.2, 0) is 11.0 Å². The molecule has 1 saturated heterocycles. The van der Waals surface area contributed by atoms with Gasteiger partial charge in [0.15, 0.2) is 0 Å². The first-order chi connectivity index (χ1) is 8.84. The molecule has 1 amide bonds. The lowest BCUT2D eigenvalue weighted by Crippen LogP contribution is -2.28. The summed E-state index contributed by atoms with van der Waals surface area (Å²) in [5.41, 5.74) is -1.26. The van der Waals surface area contributed by atoms with Gasteiger partial charge in [-0.1, -0.05) is 17.7 Å². The van der Waals surface area contributed by atoms with E-state index >= 15 is 0 Å². The molecule has 1 aromatic carbocycles. The first-order valence-corrected chi connectivity index (χ1v) is 5.99. The summed E-state index contributed by atoms with van der Waals surface area (Å²) in [5.74, 6) is -0.817. The van der Waals surface area contributed by atoms with E-state index in [1.165, 1.54) is 12.1 Å². The van der Waals surface area contributed by atoms with Crippen molar-refractivity contribution in [2.24, 2.45) is 5.92 Å². The molecule has 0 spiro atoms. The number of hydrogen-bond donors (Lipinski definition) is 1. The summed E-state index contributed by atoms with van der Waals surface area (Å²) >= 11 is 5.82. The van der Waals surface area contributed by atoms with E-state index in [0.717, 1.165) is 11.0 Å². The highest BCUT2D eigenvalue weighted by molar-refractivity contribution is 6.34. The average Bonchev–Trinajstić information content (AvgIpc) is 2.69. The molecule has 0 saturated carbocycles. The molecule has 3 nitrogen and oxygen atoms in total. The highest BCUT2D eigenvalue weighted by atomic mass is 35.5. The number of alkyl halides is 3. The Morgan fingerprint density at radius 3 is 2.63 bits per heavy atom. The van der Waals surface area contributed by atoms with Crippen molar-refractivity contribution in [2.75, 3.05) is 18.1 Å². The molecule has 19 heavy (non-hydrogen) atoms. The summed E-state index contributed by atoms with van der Waals surface area (Å²) in [4.78, 5) is 12.8. The van der Waals surface area contributed by atoms with Crippen LogP contribution in [0.25, 0.3) is 0 Å². The third-order valence-electron chi connectivity index (χ3n) is 3.03. The van der Waals surface area contributed by atoms with Gasteiger partial charge in [-0.05, 0) is 12.1 Å². The Labute approximate surface area is 112 Å². The lowest BCUT2D eigenvalue weighted by atomic mass is 10.1. The van der Waals surface area contributed by atoms with Crippen LogP contribution in [0.4, 0.5) is 18.9 Å². The zero-order valence-electron chi connectivity index (χ0n) is 9.75. The smallest absolute Gasteiger partial charge is 0.396 e. The molecule has 1 unspecified atom stereocenters. The third-order valence-corrected chi connectivity index (χ3v) is 3.33. The van der Waals surface area contributed by atoms with Crippen LogP contribution in [0.1, 0.15) is 12.0 Å². The number of anilines is 1. The zero-order valence-corrected chi connectivity index (χ0v) is 10.5. The van der Waals surface area contributed by atoms with E-state index < -0.39 is 17.6 Å². The van der Waals surface area contributed by atoms with E-state index in [0.29, 0.717) is 0 Å². The summed E-state index contributed by atoms with van der Waals surface area (Å²) in [7, 11) is 0. The molecule has 1 aliphatic rings. The molecular formula is C12H11ClF3NO2. The van der Waals surface area contributed by atoms with Crippen molar-refractivity contribution in [1.82, 2.24) is 0 Å². The molecule has 2 rings (SSSR count). The van der Waals surface area contributed by atoms with Crippen molar-refractivity contribution in [3.63, 3.8) is 0 Å². The van der Waals surface area contributed by atoms with E-state index in [4.69, 9.17) is 16.7 Å². The van der Waals surface area contributed by atoms with E-state index in [1.807, 2.05) is 0 Å². The molecule has 1 aromatic rings. The summed E-state index contributed by atoms with van der Waals surface area (Å²) in [6.07, 6.45) is -4.56. The largest absolute Gasteiger partial charge is 0.418 e. The van der Waals surface area contributed by atoms with Gasteiger partial charge < -0.3 is 10.0 Å². The molecule has 0 radical (unpaired) electrons. The molecule has 0 bridgehead atoms.